The fraction of sp³-hybridized carbons (Fsp3) is 0.200. The minimum atomic E-state index is -0.0136. The molecule has 0 saturated heterocycles. The third-order valence-electron chi connectivity index (χ3n) is 3.21. The Kier molecular flexibility index (Phi) is 6.25. The number of methoxy groups -OCH3 is 1. The highest BCUT2D eigenvalue weighted by atomic mass is 79.9. The van der Waals surface area contributed by atoms with E-state index in [0.29, 0.717) is 0 Å². The molecule has 0 fully saturated rings. The van der Waals surface area contributed by atoms with Gasteiger partial charge in [0.2, 0.25) is 0 Å². The van der Waals surface area contributed by atoms with Gasteiger partial charge >= 0.3 is 0 Å². The molecule has 3 nitrogen and oxygen atoms in total. The number of halogens is 3. The first kappa shape index (κ1) is 17.0. The van der Waals surface area contributed by atoms with E-state index < -0.39 is 0 Å². The van der Waals surface area contributed by atoms with Crippen LogP contribution in [0.25, 0.3) is 0 Å². The summed E-state index contributed by atoms with van der Waals surface area (Å²) in [5.74, 6) is 6.59. The SMILES string of the molecule is COc1ccc(Br)c(CC(NN)c2cc(Br)ccc2Br)c1. The van der Waals surface area contributed by atoms with E-state index in [1.54, 1.807) is 7.11 Å². The Morgan fingerprint density at radius 2 is 1.81 bits per heavy atom. The van der Waals surface area contributed by atoms with Gasteiger partial charge in [-0.15, -0.1) is 0 Å². The van der Waals surface area contributed by atoms with Gasteiger partial charge in [-0.05, 0) is 53.9 Å². The molecule has 2 aromatic rings. The molecule has 21 heavy (non-hydrogen) atoms. The van der Waals surface area contributed by atoms with Gasteiger partial charge in [0.25, 0.3) is 0 Å². The van der Waals surface area contributed by atoms with Gasteiger partial charge in [0.15, 0.2) is 0 Å². The number of nitrogens with one attached hydrogen (secondary N) is 1. The van der Waals surface area contributed by atoms with Gasteiger partial charge in [-0.3, -0.25) is 11.3 Å². The second-order valence-electron chi connectivity index (χ2n) is 4.55. The fourth-order valence-electron chi connectivity index (χ4n) is 2.09. The molecule has 0 aliphatic heterocycles. The summed E-state index contributed by atoms with van der Waals surface area (Å²) >= 11 is 10.7. The topological polar surface area (TPSA) is 47.3 Å². The second-order valence-corrected chi connectivity index (χ2v) is 7.17. The number of ether oxygens (including phenoxy) is 1. The Labute approximate surface area is 149 Å². The molecule has 0 amide bonds. The zero-order valence-corrected chi connectivity index (χ0v) is 16.1. The number of hydrogen-bond donors (Lipinski definition) is 2. The maximum Gasteiger partial charge on any atom is 0.119 e. The first-order chi connectivity index (χ1) is 10.0. The summed E-state index contributed by atoms with van der Waals surface area (Å²) in [5.41, 5.74) is 5.11. The first-order valence-corrected chi connectivity index (χ1v) is 8.66. The lowest BCUT2D eigenvalue weighted by Gasteiger charge is -2.19. The first-order valence-electron chi connectivity index (χ1n) is 6.28. The van der Waals surface area contributed by atoms with Gasteiger partial charge in [0.1, 0.15) is 5.75 Å². The van der Waals surface area contributed by atoms with Crippen molar-refractivity contribution in [2.75, 3.05) is 7.11 Å². The minimum absolute atomic E-state index is 0.0136. The van der Waals surface area contributed by atoms with Crippen molar-refractivity contribution in [1.82, 2.24) is 5.43 Å². The molecule has 3 N–H and O–H groups in total. The smallest absolute Gasteiger partial charge is 0.119 e. The molecule has 0 heterocycles. The highest BCUT2D eigenvalue weighted by Crippen LogP contribution is 2.31. The Bertz CT molecular complexity index is 634. The number of hydrogen-bond acceptors (Lipinski definition) is 3. The van der Waals surface area contributed by atoms with Gasteiger partial charge in [0.05, 0.1) is 13.2 Å². The van der Waals surface area contributed by atoms with Crippen LogP contribution in [-0.2, 0) is 6.42 Å². The van der Waals surface area contributed by atoms with Crippen LogP contribution < -0.4 is 16.0 Å². The van der Waals surface area contributed by atoms with Crippen LogP contribution in [0.4, 0.5) is 0 Å². The highest BCUT2D eigenvalue weighted by molar-refractivity contribution is 9.11. The van der Waals surface area contributed by atoms with Crippen molar-refractivity contribution in [1.29, 1.82) is 0 Å². The molecule has 0 aliphatic carbocycles. The lowest BCUT2D eigenvalue weighted by molar-refractivity contribution is 0.413. The van der Waals surface area contributed by atoms with E-state index in [1.807, 2.05) is 30.3 Å². The van der Waals surface area contributed by atoms with Crippen molar-refractivity contribution in [2.45, 2.75) is 12.5 Å². The summed E-state index contributed by atoms with van der Waals surface area (Å²) in [5, 5.41) is 0. The fourth-order valence-corrected chi connectivity index (χ4v) is 3.40. The summed E-state index contributed by atoms with van der Waals surface area (Å²) in [6.45, 7) is 0. The quantitative estimate of drug-likeness (QED) is 0.482. The largest absolute Gasteiger partial charge is 0.497 e. The van der Waals surface area contributed by atoms with E-state index in [2.05, 4.69) is 59.3 Å². The summed E-state index contributed by atoms with van der Waals surface area (Å²) in [6, 6.07) is 12.0. The molecule has 0 bridgehead atoms. The Morgan fingerprint density at radius 3 is 2.48 bits per heavy atom. The molecule has 0 aliphatic rings. The van der Waals surface area contributed by atoms with E-state index >= 15 is 0 Å². The van der Waals surface area contributed by atoms with Crippen LogP contribution >= 0.6 is 47.8 Å². The molecule has 1 unspecified atom stereocenters. The van der Waals surface area contributed by atoms with Crippen LogP contribution in [0.5, 0.6) is 5.75 Å². The summed E-state index contributed by atoms with van der Waals surface area (Å²) in [6.07, 6.45) is 0.739. The van der Waals surface area contributed by atoms with Crippen LogP contribution in [-0.4, -0.2) is 7.11 Å². The second kappa shape index (κ2) is 7.74. The summed E-state index contributed by atoms with van der Waals surface area (Å²) in [7, 11) is 1.66. The maximum atomic E-state index is 5.76. The standard InChI is InChI=1S/C15H15Br3N2O/c1-21-11-3-5-13(17)9(6-11)7-15(20-19)12-8-10(16)2-4-14(12)18/h2-6,8,15,20H,7,19H2,1H3. The summed E-state index contributed by atoms with van der Waals surface area (Å²) < 4.78 is 8.36. The molecule has 0 spiro atoms. The van der Waals surface area contributed by atoms with Crippen molar-refractivity contribution < 1.29 is 4.74 Å². The molecule has 2 aromatic carbocycles. The van der Waals surface area contributed by atoms with Gasteiger partial charge in [-0.1, -0.05) is 47.8 Å². The third-order valence-corrected chi connectivity index (χ3v) is 5.20. The molecule has 0 aromatic heterocycles. The van der Waals surface area contributed by atoms with Crippen LogP contribution in [0, 0.1) is 0 Å². The van der Waals surface area contributed by atoms with Gasteiger partial charge in [-0.25, -0.2) is 0 Å². The zero-order chi connectivity index (χ0) is 15.4. The molecule has 2 rings (SSSR count). The van der Waals surface area contributed by atoms with E-state index in [-0.39, 0.29) is 6.04 Å². The molecular weight excluding hydrogens is 464 g/mol. The molecular formula is C15H15Br3N2O. The van der Waals surface area contributed by atoms with Crippen molar-refractivity contribution in [3.63, 3.8) is 0 Å². The number of hydrazine groups is 1. The van der Waals surface area contributed by atoms with Crippen LogP contribution in [0.2, 0.25) is 0 Å². The lowest BCUT2D eigenvalue weighted by Crippen LogP contribution is -2.30. The van der Waals surface area contributed by atoms with Crippen molar-refractivity contribution in [3.05, 3.63) is 60.9 Å². The highest BCUT2D eigenvalue weighted by Gasteiger charge is 2.16. The van der Waals surface area contributed by atoms with Gasteiger partial charge < -0.3 is 4.74 Å². The van der Waals surface area contributed by atoms with E-state index in [1.165, 1.54) is 0 Å². The van der Waals surface area contributed by atoms with Crippen LogP contribution in [0.1, 0.15) is 17.2 Å². The number of nitrogens with two attached hydrogens (primary N) is 1. The van der Waals surface area contributed by atoms with Crippen LogP contribution in [0.3, 0.4) is 0 Å². The summed E-state index contributed by atoms with van der Waals surface area (Å²) in [4.78, 5) is 0. The monoisotopic (exact) mass is 476 g/mol. The lowest BCUT2D eigenvalue weighted by atomic mass is 9.99. The molecule has 112 valence electrons. The van der Waals surface area contributed by atoms with Crippen molar-refractivity contribution in [3.8, 4) is 5.75 Å². The molecule has 1 atom stereocenters. The maximum absolute atomic E-state index is 5.76. The predicted molar refractivity (Wildman–Crippen MR) is 96.3 cm³/mol. The molecule has 0 radical (unpaired) electrons. The van der Waals surface area contributed by atoms with E-state index in [4.69, 9.17) is 10.6 Å². The van der Waals surface area contributed by atoms with E-state index in [0.717, 1.165) is 36.7 Å². The van der Waals surface area contributed by atoms with Crippen LogP contribution in [0.15, 0.2) is 49.8 Å². The number of benzene rings is 2. The minimum Gasteiger partial charge on any atom is -0.497 e. The Balaban J connectivity index is 2.33. The predicted octanol–water partition coefficient (Wildman–Crippen LogP) is 4.73. The van der Waals surface area contributed by atoms with E-state index in [9.17, 15) is 0 Å². The Morgan fingerprint density at radius 1 is 1.10 bits per heavy atom. The Hall–Kier alpha value is -0.400. The molecule has 6 heteroatoms. The van der Waals surface area contributed by atoms with Gasteiger partial charge in [0, 0.05) is 13.4 Å². The normalized spacial score (nSPS) is 12.2. The third kappa shape index (κ3) is 4.29. The average molecular weight is 479 g/mol. The zero-order valence-electron chi connectivity index (χ0n) is 11.4. The number of rotatable bonds is 5. The average Bonchev–Trinajstić information content (AvgIpc) is 2.49. The van der Waals surface area contributed by atoms with Crippen molar-refractivity contribution >= 4 is 47.8 Å². The van der Waals surface area contributed by atoms with Gasteiger partial charge in [-0.2, -0.15) is 0 Å². The van der Waals surface area contributed by atoms with Crippen molar-refractivity contribution in [2.24, 2.45) is 5.84 Å². The molecule has 0 saturated carbocycles.